The Labute approximate surface area is 117 Å². The van der Waals surface area contributed by atoms with Crippen LogP contribution in [0.4, 0.5) is 0 Å². The summed E-state index contributed by atoms with van der Waals surface area (Å²) in [6.45, 7) is 7.24. The van der Waals surface area contributed by atoms with Gasteiger partial charge in [-0.3, -0.25) is 4.79 Å². The molecule has 0 saturated carbocycles. The first-order valence-corrected chi connectivity index (χ1v) is 6.75. The maximum Gasteiger partial charge on any atom is 0.358 e. The van der Waals surface area contributed by atoms with Crippen molar-refractivity contribution in [3.05, 3.63) is 11.4 Å². The number of rotatable bonds is 3. The van der Waals surface area contributed by atoms with Gasteiger partial charge in [0, 0.05) is 18.5 Å². The van der Waals surface area contributed by atoms with Crippen LogP contribution >= 0.6 is 0 Å². The summed E-state index contributed by atoms with van der Waals surface area (Å²) in [6.07, 6.45) is 2.05. The summed E-state index contributed by atoms with van der Waals surface area (Å²) in [4.78, 5) is 25.2. The van der Waals surface area contributed by atoms with Gasteiger partial charge in [-0.1, -0.05) is 26.0 Å². The maximum atomic E-state index is 12.2. The molecule has 0 radical (unpaired) electrons. The SMILES string of the molecule is CC(C)(C)c1c(C(=O)O)nnn1CC(=O)N1CCCC1. The Kier molecular flexibility index (Phi) is 3.78. The van der Waals surface area contributed by atoms with Crippen molar-refractivity contribution in [2.75, 3.05) is 13.1 Å². The number of aromatic nitrogens is 3. The highest BCUT2D eigenvalue weighted by Gasteiger charge is 2.30. The lowest BCUT2D eigenvalue weighted by molar-refractivity contribution is -0.131. The van der Waals surface area contributed by atoms with E-state index >= 15 is 0 Å². The van der Waals surface area contributed by atoms with Crippen molar-refractivity contribution >= 4 is 11.9 Å². The van der Waals surface area contributed by atoms with E-state index in [4.69, 9.17) is 0 Å². The van der Waals surface area contributed by atoms with Crippen LogP contribution in [0, 0.1) is 0 Å². The molecule has 110 valence electrons. The van der Waals surface area contributed by atoms with Crippen LogP contribution in [0.1, 0.15) is 49.8 Å². The fraction of sp³-hybridized carbons (Fsp3) is 0.692. The Morgan fingerprint density at radius 2 is 1.85 bits per heavy atom. The Morgan fingerprint density at radius 3 is 2.35 bits per heavy atom. The average molecular weight is 280 g/mol. The molecule has 1 N–H and O–H groups in total. The van der Waals surface area contributed by atoms with Crippen LogP contribution in [0.15, 0.2) is 0 Å². The molecule has 1 amide bonds. The Balaban J connectivity index is 2.27. The molecule has 2 rings (SSSR count). The van der Waals surface area contributed by atoms with Gasteiger partial charge in [0.05, 0.1) is 5.69 Å². The third-order valence-corrected chi connectivity index (χ3v) is 3.39. The molecule has 1 aromatic rings. The number of carboxylic acids is 1. The number of carbonyl (C=O) groups is 2. The summed E-state index contributed by atoms with van der Waals surface area (Å²) in [5, 5.41) is 16.7. The molecule has 7 heteroatoms. The predicted molar refractivity (Wildman–Crippen MR) is 71.5 cm³/mol. The molecule has 0 aliphatic carbocycles. The highest BCUT2D eigenvalue weighted by atomic mass is 16.4. The molecule has 7 nitrogen and oxygen atoms in total. The first-order chi connectivity index (χ1) is 9.30. The molecule has 0 aromatic carbocycles. The van der Waals surface area contributed by atoms with Crippen LogP contribution in [-0.4, -0.2) is 50.0 Å². The number of aromatic carboxylic acids is 1. The van der Waals surface area contributed by atoms with Gasteiger partial charge in [-0.25, -0.2) is 9.48 Å². The third kappa shape index (κ3) is 2.81. The van der Waals surface area contributed by atoms with Gasteiger partial charge in [0.15, 0.2) is 5.69 Å². The zero-order chi connectivity index (χ0) is 14.9. The lowest BCUT2D eigenvalue weighted by atomic mass is 9.90. The molecular formula is C13H20N4O3. The van der Waals surface area contributed by atoms with Gasteiger partial charge in [0.2, 0.25) is 5.91 Å². The second-order valence-corrected chi connectivity index (χ2v) is 6.09. The lowest BCUT2D eigenvalue weighted by Crippen LogP contribution is -2.33. The van der Waals surface area contributed by atoms with Crippen molar-refractivity contribution in [1.82, 2.24) is 19.9 Å². The van der Waals surface area contributed by atoms with Gasteiger partial charge >= 0.3 is 5.97 Å². The minimum Gasteiger partial charge on any atom is -0.476 e. The fourth-order valence-electron chi connectivity index (χ4n) is 2.50. The van der Waals surface area contributed by atoms with Crippen molar-refractivity contribution in [1.29, 1.82) is 0 Å². The molecule has 20 heavy (non-hydrogen) atoms. The van der Waals surface area contributed by atoms with E-state index in [1.807, 2.05) is 20.8 Å². The zero-order valence-electron chi connectivity index (χ0n) is 12.1. The molecule has 0 atom stereocenters. The van der Waals surface area contributed by atoms with Gasteiger partial charge < -0.3 is 10.0 Å². The van der Waals surface area contributed by atoms with Gasteiger partial charge in [-0.2, -0.15) is 0 Å². The van der Waals surface area contributed by atoms with E-state index < -0.39 is 11.4 Å². The van der Waals surface area contributed by atoms with E-state index in [0.29, 0.717) is 5.69 Å². The molecule has 1 aromatic heterocycles. The topological polar surface area (TPSA) is 88.3 Å². The van der Waals surface area contributed by atoms with E-state index in [1.165, 1.54) is 4.68 Å². The quantitative estimate of drug-likeness (QED) is 0.888. The predicted octanol–water partition coefficient (Wildman–Crippen LogP) is 0.896. The molecule has 2 heterocycles. The second kappa shape index (κ2) is 5.22. The minimum atomic E-state index is -1.12. The van der Waals surface area contributed by atoms with Gasteiger partial charge in [0.1, 0.15) is 6.54 Å². The average Bonchev–Trinajstić information content (AvgIpc) is 2.95. The molecular weight excluding hydrogens is 260 g/mol. The number of nitrogens with zero attached hydrogens (tertiary/aromatic N) is 4. The zero-order valence-corrected chi connectivity index (χ0v) is 12.1. The van der Waals surface area contributed by atoms with E-state index in [1.54, 1.807) is 4.90 Å². The van der Waals surface area contributed by atoms with Crippen LogP contribution < -0.4 is 0 Å². The number of carboxylic acid groups (broad SMARTS) is 1. The van der Waals surface area contributed by atoms with Crippen LogP contribution in [0.2, 0.25) is 0 Å². The summed E-state index contributed by atoms with van der Waals surface area (Å²) >= 11 is 0. The van der Waals surface area contributed by atoms with Crippen LogP contribution in [0.25, 0.3) is 0 Å². The molecule has 1 aliphatic heterocycles. The minimum absolute atomic E-state index is 0.0326. The molecule has 0 spiro atoms. The summed E-state index contributed by atoms with van der Waals surface area (Å²) in [5.74, 6) is -1.15. The first-order valence-electron chi connectivity index (χ1n) is 6.75. The van der Waals surface area contributed by atoms with Gasteiger partial charge in [0.25, 0.3) is 0 Å². The number of hydrogen-bond donors (Lipinski definition) is 1. The van der Waals surface area contributed by atoms with Crippen LogP contribution in [0.3, 0.4) is 0 Å². The summed E-state index contributed by atoms with van der Waals surface area (Å²) in [6, 6.07) is 0. The number of carbonyl (C=O) groups excluding carboxylic acids is 1. The Morgan fingerprint density at radius 1 is 1.25 bits per heavy atom. The van der Waals surface area contributed by atoms with Crippen molar-refractivity contribution in [2.45, 2.75) is 45.6 Å². The van der Waals surface area contributed by atoms with Gasteiger partial charge in [-0.05, 0) is 12.8 Å². The van der Waals surface area contributed by atoms with E-state index in [0.717, 1.165) is 25.9 Å². The van der Waals surface area contributed by atoms with Crippen molar-refractivity contribution in [3.8, 4) is 0 Å². The highest BCUT2D eigenvalue weighted by Crippen LogP contribution is 2.25. The molecule has 1 saturated heterocycles. The summed E-state index contributed by atoms with van der Waals surface area (Å²) < 4.78 is 1.42. The Hall–Kier alpha value is -1.92. The van der Waals surface area contributed by atoms with Crippen molar-refractivity contribution in [2.24, 2.45) is 0 Å². The molecule has 0 bridgehead atoms. The Bertz CT molecular complexity index is 524. The van der Waals surface area contributed by atoms with Crippen LogP contribution in [-0.2, 0) is 16.8 Å². The smallest absolute Gasteiger partial charge is 0.358 e. The first kappa shape index (κ1) is 14.5. The second-order valence-electron chi connectivity index (χ2n) is 6.09. The third-order valence-electron chi connectivity index (χ3n) is 3.39. The number of amides is 1. The van der Waals surface area contributed by atoms with E-state index in [-0.39, 0.29) is 18.1 Å². The maximum absolute atomic E-state index is 12.2. The number of hydrogen-bond acceptors (Lipinski definition) is 4. The van der Waals surface area contributed by atoms with Crippen molar-refractivity contribution < 1.29 is 14.7 Å². The van der Waals surface area contributed by atoms with E-state index in [9.17, 15) is 14.7 Å². The van der Waals surface area contributed by atoms with E-state index in [2.05, 4.69) is 10.3 Å². The molecule has 1 aliphatic rings. The largest absolute Gasteiger partial charge is 0.476 e. The standard InChI is InChI=1S/C13H20N4O3/c1-13(2,3)11-10(12(19)20)14-15-17(11)8-9(18)16-6-4-5-7-16/h4-8H2,1-3H3,(H,19,20). The van der Waals surface area contributed by atoms with Crippen molar-refractivity contribution in [3.63, 3.8) is 0 Å². The molecule has 1 fully saturated rings. The van der Waals surface area contributed by atoms with Gasteiger partial charge in [-0.15, -0.1) is 5.10 Å². The monoisotopic (exact) mass is 280 g/mol. The molecule has 0 unspecified atom stereocenters. The normalized spacial score (nSPS) is 15.7. The lowest BCUT2D eigenvalue weighted by Gasteiger charge is -2.21. The number of likely N-dealkylation sites (tertiary alicyclic amines) is 1. The fourth-order valence-corrected chi connectivity index (χ4v) is 2.50. The van der Waals surface area contributed by atoms with Crippen LogP contribution in [0.5, 0.6) is 0 Å². The summed E-state index contributed by atoms with van der Waals surface area (Å²) in [5.41, 5.74) is -0.0352. The summed E-state index contributed by atoms with van der Waals surface area (Å²) in [7, 11) is 0. The highest BCUT2D eigenvalue weighted by molar-refractivity contribution is 5.87.